The number of amides is 1. The molecule has 1 fully saturated rings. The van der Waals surface area contributed by atoms with Gasteiger partial charge in [0.1, 0.15) is 6.29 Å². The van der Waals surface area contributed by atoms with E-state index in [0.29, 0.717) is 18.3 Å². The Balaban J connectivity index is 1.85. The first kappa shape index (κ1) is 17.2. The van der Waals surface area contributed by atoms with Gasteiger partial charge in [0.2, 0.25) is 5.91 Å². The van der Waals surface area contributed by atoms with Gasteiger partial charge in [0.25, 0.3) is 0 Å². The molecule has 1 amide bonds. The monoisotopic (exact) mass is 328 g/mol. The van der Waals surface area contributed by atoms with Crippen molar-refractivity contribution in [2.24, 2.45) is 5.92 Å². The number of hydrogen-bond donors (Lipinski definition) is 1. The number of aldehydes is 1. The van der Waals surface area contributed by atoms with Crippen molar-refractivity contribution in [3.8, 4) is 0 Å². The average Bonchev–Trinajstić information content (AvgIpc) is 2.84. The summed E-state index contributed by atoms with van der Waals surface area (Å²) >= 11 is 0. The molecule has 1 aromatic rings. The molecule has 0 spiro atoms. The average molecular weight is 328 g/mol. The number of nitrogens with one attached hydrogen (secondary N) is 1. The fraction of sp³-hybridized carbons (Fsp3) is 0.600. The van der Waals surface area contributed by atoms with Crippen LogP contribution in [0.2, 0.25) is 0 Å². The van der Waals surface area contributed by atoms with Crippen molar-refractivity contribution in [2.45, 2.75) is 44.9 Å². The summed E-state index contributed by atoms with van der Waals surface area (Å²) in [6.07, 6.45) is 5.74. The maximum atomic E-state index is 11.8. The molecular formula is C20H28N2O2. The number of nitrogens with zero attached hydrogens (tertiary/aromatic N) is 1. The van der Waals surface area contributed by atoms with Crippen molar-refractivity contribution in [1.82, 2.24) is 10.2 Å². The molecule has 4 nitrogen and oxygen atoms in total. The minimum atomic E-state index is 0.160. The van der Waals surface area contributed by atoms with Gasteiger partial charge < -0.3 is 15.0 Å². The predicted octanol–water partition coefficient (Wildman–Crippen LogP) is 2.31. The van der Waals surface area contributed by atoms with Crippen molar-refractivity contribution < 1.29 is 9.59 Å². The van der Waals surface area contributed by atoms with E-state index in [1.165, 1.54) is 16.7 Å². The van der Waals surface area contributed by atoms with Crippen LogP contribution in [0.25, 0.3) is 0 Å². The maximum Gasteiger partial charge on any atom is 0.219 e. The van der Waals surface area contributed by atoms with Gasteiger partial charge in [-0.15, -0.1) is 0 Å². The van der Waals surface area contributed by atoms with Gasteiger partial charge in [0.15, 0.2) is 0 Å². The van der Waals surface area contributed by atoms with Crippen LogP contribution in [0.4, 0.5) is 0 Å². The van der Waals surface area contributed by atoms with Crippen LogP contribution in [0.1, 0.15) is 48.8 Å². The van der Waals surface area contributed by atoms with Crippen LogP contribution < -0.4 is 5.32 Å². The number of likely N-dealkylation sites (tertiary alicyclic amines) is 1. The summed E-state index contributed by atoms with van der Waals surface area (Å²) in [5.41, 5.74) is 4.25. The van der Waals surface area contributed by atoms with Crippen LogP contribution in [0.15, 0.2) is 18.2 Å². The summed E-state index contributed by atoms with van der Waals surface area (Å²) in [6.45, 7) is 5.36. The number of rotatable bonds is 4. The third-order valence-electron chi connectivity index (χ3n) is 5.66. The van der Waals surface area contributed by atoms with Crippen molar-refractivity contribution in [2.75, 3.05) is 26.2 Å². The van der Waals surface area contributed by atoms with Crippen LogP contribution in [-0.4, -0.2) is 43.3 Å². The third-order valence-corrected chi connectivity index (χ3v) is 5.66. The fourth-order valence-electron chi connectivity index (χ4n) is 4.22. The standard InChI is InChI=1S/C20H28N2O2/c1-15(24)22-11-8-17(3-2-12-23)20(14-22)19-5-4-16-6-9-21-10-7-18(16)13-19/h4-5,12-13,17,20-21H,2-3,6-11,14H2,1H3. The number of carbonyl (C=O) groups excluding carboxylic acids is 2. The molecule has 0 bridgehead atoms. The van der Waals surface area contributed by atoms with Crippen LogP contribution in [0.5, 0.6) is 0 Å². The first-order chi connectivity index (χ1) is 11.7. The van der Waals surface area contributed by atoms with Crippen LogP contribution in [0, 0.1) is 5.92 Å². The number of piperidine rings is 1. The first-order valence-corrected chi connectivity index (χ1v) is 9.20. The van der Waals surface area contributed by atoms with Gasteiger partial charge in [-0.3, -0.25) is 4.79 Å². The molecule has 4 heteroatoms. The highest BCUT2D eigenvalue weighted by Gasteiger charge is 2.31. The van der Waals surface area contributed by atoms with E-state index in [1.807, 2.05) is 4.90 Å². The Hall–Kier alpha value is -1.68. The summed E-state index contributed by atoms with van der Waals surface area (Å²) in [6, 6.07) is 6.90. The summed E-state index contributed by atoms with van der Waals surface area (Å²) in [5, 5.41) is 3.46. The molecule has 1 aromatic carbocycles. The molecule has 130 valence electrons. The Morgan fingerprint density at radius 3 is 2.83 bits per heavy atom. The topological polar surface area (TPSA) is 49.4 Å². The van der Waals surface area contributed by atoms with E-state index < -0.39 is 0 Å². The number of carbonyl (C=O) groups is 2. The highest BCUT2D eigenvalue weighted by Crippen LogP contribution is 2.36. The van der Waals surface area contributed by atoms with E-state index in [4.69, 9.17) is 0 Å². The zero-order chi connectivity index (χ0) is 16.9. The summed E-state index contributed by atoms with van der Waals surface area (Å²) in [5.74, 6) is 1.00. The Labute approximate surface area is 144 Å². The van der Waals surface area contributed by atoms with Gasteiger partial charge in [0.05, 0.1) is 0 Å². The molecule has 0 aromatic heterocycles. The van der Waals surface area contributed by atoms with E-state index in [2.05, 4.69) is 23.5 Å². The molecule has 24 heavy (non-hydrogen) atoms. The quantitative estimate of drug-likeness (QED) is 0.863. The molecule has 2 heterocycles. The molecular weight excluding hydrogens is 300 g/mol. The fourth-order valence-corrected chi connectivity index (χ4v) is 4.22. The smallest absolute Gasteiger partial charge is 0.219 e. The highest BCUT2D eigenvalue weighted by atomic mass is 16.2. The van der Waals surface area contributed by atoms with Crippen molar-refractivity contribution in [3.05, 3.63) is 34.9 Å². The molecule has 0 aliphatic carbocycles. The molecule has 1 saturated heterocycles. The second-order valence-corrected chi connectivity index (χ2v) is 7.14. The lowest BCUT2D eigenvalue weighted by Gasteiger charge is -2.38. The zero-order valence-electron chi connectivity index (χ0n) is 14.6. The second kappa shape index (κ2) is 7.93. The van der Waals surface area contributed by atoms with Crippen molar-refractivity contribution >= 4 is 12.2 Å². The van der Waals surface area contributed by atoms with Gasteiger partial charge in [-0.05, 0) is 61.4 Å². The molecule has 2 aliphatic heterocycles. The molecule has 0 saturated carbocycles. The van der Waals surface area contributed by atoms with Gasteiger partial charge in [-0.2, -0.15) is 0 Å². The molecule has 2 unspecified atom stereocenters. The van der Waals surface area contributed by atoms with E-state index in [9.17, 15) is 9.59 Å². The molecule has 1 N–H and O–H groups in total. The maximum absolute atomic E-state index is 11.8. The Morgan fingerprint density at radius 2 is 2.08 bits per heavy atom. The molecule has 2 aliphatic rings. The van der Waals surface area contributed by atoms with Crippen LogP contribution in [-0.2, 0) is 22.4 Å². The highest BCUT2D eigenvalue weighted by molar-refractivity contribution is 5.73. The normalized spacial score (nSPS) is 24.1. The summed E-state index contributed by atoms with van der Waals surface area (Å²) in [7, 11) is 0. The minimum Gasteiger partial charge on any atom is -0.342 e. The Bertz CT molecular complexity index is 599. The predicted molar refractivity (Wildman–Crippen MR) is 95.1 cm³/mol. The van der Waals surface area contributed by atoms with Crippen molar-refractivity contribution in [3.63, 3.8) is 0 Å². The summed E-state index contributed by atoms with van der Waals surface area (Å²) < 4.78 is 0. The van der Waals surface area contributed by atoms with Gasteiger partial charge >= 0.3 is 0 Å². The Morgan fingerprint density at radius 1 is 1.29 bits per heavy atom. The molecule has 2 atom stereocenters. The molecule has 0 radical (unpaired) electrons. The lowest BCUT2D eigenvalue weighted by atomic mass is 9.77. The Kier molecular flexibility index (Phi) is 5.67. The van der Waals surface area contributed by atoms with Gasteiger partial charge in [0, 0.05) is 32.4 Å². The lowest BCUT2D eigenvalue weighted by molar-refractivity contribution is -0.130. The number of hydrogen-bond acceptors (Lipinski definition) is 3. The van der Waals surface area contributed by atoms with Gasteiger partial charge in [-0.25, -0.2) is 0 Å². The first-order valence-electron chi connectivity index (χ1n) is 9.20. The summed E-state index contributed by atoms with van der Waals surface area (Å²) in [4.78, 5) is 24.6. The van der Waals surface area contributed by atoms with Crippen LogP contribution >= 0.6 is 0 Å². The SMILES string of the molecule is CC(=O)N1CCC(CCC=O)C(c2ccc3c(c2)CCNCC3)C1. The van der Waals surface area contributed by atoms with E-state index >= 15 is 0 Å². The van der Waals surface area contributed by atoms with Crippen LogP contribution in [0.3, 0.4) is 0 Å². The van der Waals surface area contributed by atoms with E-state index in [1.54, 1.807) is 6.92 Å². The number of benzene rings is 1. The minimum absolute atomic E-state index is 0.160. The lowest BCUT2D eigenvalue weighted by Crippen LogP contribution is -2.41. The van der Waals surface area contributed by atoms with E-state index in [-0.39, 0.29) is 5.91 Å². The largest absolute Gasteiger partial charge is 0.342 e. The van der Waals surface area contributed by atoms with Gasteiger partial charge in [-0.1, -0.05) is 18.2 Å². The number of fused-ring (bicyclic) bond motifs is 1. The molecule has 3 rings (SSSR count). The zero-order valence-corrected chi connectivity index (χ0v) is 14.6. The van der Waals surface area contributed by atoms with Crippen molar-refractivity contribution in [1.29, 1.82) is 0 Å². The second-order valence-electron chi connectivity index (χ2n) is 7.14. The van der Waals surface area contributed by atoms with E-state index in [0.717, 1.165) is 58.1 Å². The third kappa shape index (κ3) is 3.86.